The Kier molecular flexibility index (Phi) is 21.0. The summed E-state index contributed by atoms with van der Waals surface area (Å²) in [7, 11) is 0. The quantitative estimate of drug-likeness (QED) is 0.275. The van der Waals surface area contributed by atoms with Crippen LogP contribution in [0.1, 0.15) is 0 Å². The van der Waals surface area contributed by atoms with Gasteiger partial charge in [0.1, 0.15) is 0 Å². The third kappa shape index (κ3) is 69.9. The van der Waals surface area contributed by atoms with E-state index in [4.69, 9.17) is 18.3 Å². The molecule has 42 valence electrons. The Morgan fingerprint density at radius 3 is 1.88 bits per heavy atom. The third-order valence-corrected chi connectivity index (χ3v) is 0.258. The number of carbonyl (C=O) groups excluding carboxylic acids is 2. The van der Waals surface area contributed by atoms with Crippen LogP contribution in [0.3, 0.4) is 0 Å². The van der Waals surface area contributed by atoms with E-state index in [1.807, 2.05) is 5.34 Å². The van der Waals surface area contributed by atoms with Crippen LogP contribution in [0, 0.1) is 4.91 Å². The molecular formula is CAlNO5. The average molecular weight is 133 g/mol. The first kappa shape index (κ1) is 10.2. The van der Waals surface area contributed by atoms with Crippen LogP contribution in [-0.2, 0) is 17.3 Å². The average Bonchev–Trinajstić information content (AvgIpc) is 1.71. The third-order valence-electron chi connectivity index (χ3n) is 0.0861. The van der Waals surface area contributed by atoms with E-state index in [0.29, 0.717) is 0 Å². The van der Waals surface area contributed by atoms with Gasteiger partial charge in [-0.2, -0.15) is 9.59 Å². The number of nitrogens with zero attached hydrogens (tertiary/aromatic N) is 1. The van der Waals surface area contributed by atoms with Crippen LogP contribution < -0.4 is 0 Å². The summed E-state index contributed by atoms with van der Waals surface area (Å²) in [6, 6.07) is 0. The summed E-state index contributed by atoms with van der Waals surface area (Å²) in [6.45, 7) is 0. The minimum absolute atomic E-state index is 0.250. The van der Waals surface area contributed by atoms with Crippen LogP contribution in [0.5, 0.6) is 0 Å². The van der Waals surface area contributed by atoms with Crippen molar-refractivity contribution in [3.8, 4) is 0 Å². The summed E-state index contributed by atoms with van der Waals surface area (Å²) in [5.74, 6) is 0. The van der Waals surface area contributed by atoms with E-state index in [1.165, 1.54) is 0 Å². The van der Waals surface area contributed by atoms with Gasteiger partial charge in [-0.25, -0.2) is 0 Å². The molecule has 0 radical (unpaired) electrons. The van der Waals surface area contributed by atoms with Gasteiger partial charge in [-0.05, 0) is 0 Å². The summed E-state index contributed by atoms with van der Waals surface area (Å²) < 4.78 is 12.5. The van der Waals surface area contributed by atoms with Crippen LogP contribution in [-0.4, -0.2) is 21.6 Å². The molecule has 0 aliphatic heterocycles. The molecule has 0 aliphatic rings. The first-order chi connectivity index (χ1) is 3.83. The standard InChI is InChI=1S/CO2.Al.HNO2.O/c2-1-3;;2-1-3;/h;;(H,2,3);/q;+1;;/p-1. The summed E-state index contributed by atoms with van der Waals surface area (Å²) in [6.07, 6.45) is 0.250. The van der Waals surface area contributed by atoms with Crippen molar-refractivity contribution < 1.29 is 17.3 Å². The van der Waals surface area contributed by atoms with Gasteiger partial charge in [-0.3, -0.25) is 0 Å². The normalized spacial score (nSPS) is 4.00. The molecule has 0 aromatic rings. The van der Waals surface area contributed by atoms with Crippen molar-refractivity contribution in [3.63, 3.8) is 0 Å². The van der Waals surface area contributed by atoms with Gasteiger partial charge in [0.15, 0.2) is 0 Å². The van der Waals surface area contributed by atoms with Crippen LogP contribution in [0.25, 0.3) is 0 Å². The van der Waals surface area contributed by atoms with E-state index < -0.39 is 15.5 Å². The van der Waals surface area contributed by atoms with E-state index in [2.05, 4.69) is 3.89 Å². The molecule has 0 spiro atoms. The number of hydrogen-bond acceptors (Lipinski definition) is 6. The van der Waals surface area contributed by atoms with E-state index in [0.717, 1.165) is 0 Å². The predicted octanol–water partition coefficient (Wildman–Crippen LogP) is -0.934. The summed E-state index contributed by atoms with van der Waals surface area (Å²) in [4.78, 5) is 25.0. The monoisotopic (exact) mass is 133 g/mol. The minimum atomic E-state index is -1.44. The SMILES string of the molecule is O=C=O.O=N[O][Al]=[O]. The maximum atomic E-state index is 9.10. The first-order valence-corrected chi connectivity index (χ1v) is 2.19. The second-order valence-electron chi connectivity index (χ2n) is 0.360. The zero-order chi connectivity index (χ0) is 6.83. The van der Waals surface area contributed by atoms with Gasteiger partial charge in [0.25, 0.3) is 0 Å². The second kappa shape index (κ2) is 16.5. The second-order valence-corrected chi connectivity index (χ2v) is 0.763. The fourth-order valence-corrected chi connectivity index (χ4v) is 0.0527. The van der Waals surface area contributed by atoms with Crippen LogP contribution >= 0.6 is 0 Å². The molecule has 0 saturated heterocycles. The van der Waals surface area contributed by atoms with Gasteiger partial charge in [-0.1, -0.05) is 0 Å². The first-order valence-electron chi connectivity index (χ1n) is 1.24. The van der Waals surface area contributed by atoms with Gasteiger partial charge in [-0.15, -0.1) is 0 Å². The molecule has 0 fully saturated rings. The number of hydrogen-bond donors (Lipinski definition) is 0. The molecule has 7 heteroatoms. The van der Waals surface area contributed by atoms with Crippen molar-refractivity contribution in [1.29, 1.82) is 0 Å². The van der Waals surface area contributed by atoms with Crippen LogP contribution in [0.15, 0.2) is 5.34 Å². The number of rotatable bonds is 2. The Hall–Kier alpha value is -0.888. The molecule has 0 unspecified atom stereocenters. The van der Waals surface area contributed by atoms with Crippen LogP contribution in [0.4, 0.5) is 0 Å². The van der Waals surface area contributed by atoms with Crippen LogP contribution in [0.2, 0.25) is 0 Å². The van der Waals surface area contributed by atoms with Crippen molar-refractivity contribution in [2.75, 3.05) is 0 Å². The Bertz CT molecular complexity index is 88.6. The molecule has 0 saturated carbocycles. The molecule has 0 heterocycles. The van der Waals surface area contributed by atoms with Crippen molar-refractivity contribution in [1.82, 2.24) is 0 Å². The summed E-state index contributed by atoms with van der Waals surface area (Å²) in [5, 5.41) is 1.83. The van der Waals surface area contributed by atoms with E-state index in [1.54, 1.807) is 0 Å². The van der Waals surface area contributed by atoms with Gasteiger partial charge in [0.05, 0.1) is 0 Å². The summed E-state index contributed by atoms with van der Waals surface area (Å²) >= 11 is -1.44. The molecule has 0 aliphatic carbocycles. The topological polar surface area (TPSA) is 89.9 Å². The maximum absolute atomic E-state index is 9.10. The van der Waals surface area contributed by atoms with Gasteiger partial charge in [0.2, 0.25) is 0 Å². The van der Waals surface area contributed by atoms with Gasteiger partial charge < -0.3 is 0 Å². The fourth-order valence-electron chi connectivity index (χ4n) is 0.0176. The molecule has 0 rings (SSSR count). The van der Waals surface area contributed by atoms with Crippen molar-refractivity contribution >= 4 is 21.6 Å². The van der Waals surface area contributed by atoms with Crippen molar-refractivity contribution in [2.24, 2.45) is 5.34 Å². The summed E-state index contributed by atoms with van der Waals surface area (Å²) in [5.41, 5.74) is 0. The molecular weight excluding hydrogens is 133 g/mol. The van der Waals surface area contributed by atoms with E-state index >= 15 is 0 Å². The predicted molar refractivity (Wildman–Crippen MR) is 18.3 cm³/mol. The Labute approximate surface area is 50.0 Å². The molecule has 0 aromatic heterocycles. The van der Waals surface area contributed by atoms with E-state index in [-0.39, 0.29) is 6.15 Å². The molecule has 8 heavy (non-hydrogen) atoms. The Morgan fingerprint density at radius 2 is 1.88 bits per heavy atom. The molecule has 0 aromatic carbocycles. The molecule has 0 amide bonds. The van der Waals surface area contributed by atoms with Crippen molar-refractivity contribution in [3.05, 3.63) is 4.91 Å². The Morgan fingerprint density at radius 1 is 1.50 bits per heavy atom. The molecule has 0 atom stereocenters. The molecule has 0 bridgehead atoms. The zero-order valence-electron chi connectivity index (χ0n) is 3.57. The molecule has 0 N–H and O–H groups in total. The van der Waals surface area contributed by atoms with Gasteiger partial charge >= 0.3 is 39.6 Å². The fraction of sp³-hybridized carbons (Fsp3) is 0. The van der Waals surface area contributed by atoms with E-state index in [9.17, 15) is 0 Å². The zero-order valence-corrected chi connectivity index (χ0v) is 4.72. The van der Waals surface area contributed by atoms with Crippen molar-refractivity contribution in [2.45, 2.75) is 0 Å². The molecule has 6 nitrogen and oxygen atoms in total. The Balaban J connectivity index is 0. The van der Waals surface area contributed by atoms with Gasteiger partial charge in [0, 0.05) is 0 Å².